The van der Waals surface area contributed by atoms with E-state index in [0.717, 1.165) is 0 Å². The standard InChI is InChI=1S/C16H29NO4/c1-7-8-12(9-10-18)16(14(2,3)4)11-21-15(5,6)17(16)13(19)20/h7-8,12,18H,9-11H2,1-6H3,(H,19,20). The van der Waals surface area contributed by atoms with Crippen molar-refractivity contribution >= 4 is 6.09 Å². The first-order valence-corrected chi connectivity index (χ1v) is 7.45. The van der Waals surface area contributed by atoms with Gasteiger partial charge in [-0.15, -0.1) is 0 Å². The van der Waals surface area contributed by atoms with Crippen LogP contribution in [0.1, 0.15) is 48.0 Å². The third-order valence-corrected chi connectivity index (χ3v) is 4.55. The van der Waals surface area contributed by atoms with E-state index in [4.69, 9.17) is 4.74 Å². The van der Waals surface area contributed by atoms with Crippen LogP contribution in [-0.4, -0.2) is 45.7 Å². The van der Waals surface area contributed by atoms with Gasteiger partial charge in [-0.25, -0.2) is 4.79 Å². The minimum Gasteiger partial charge on any atom is -0.465 e. The van der Waals surface area contributed by atoms with Gasteiger partial charge in [-0.2, -0.15) is 0 Å². The maximum absolute atomic E-state index is 12.0. The molecular weight excluding hydrogens is 270 g/mol. The maximum atomic E-state index is 12.0. The number of aliphatic hydroxyl groups excluding tert-OH is 1. The molecular formula is C16H29NO4. The van der Waals surface area contributed by atoms with Gasteiger partial charge in [0.15, 0.2) is 0 Å². The third kappa shape index (κ3) is 2.94. The molecule has 1 aliphatic rings. The average Bonchev–Trinajstić information content (AvgIpc) is 2.61. The zero-order valence-corrected chi connectivity index (χ0v) is 14.0. The highest BCUT2D eigenvalue weighted by Gasteiger charge is 2.62. The normalized spacial score (nSPS) is 27.3. The van der Waals surface area contributed by atoms with E-state index in [-0.39, 0.29) is 17.9 Å². The number of allylic oxidation sites excluding steroid dienone is 1. The van der Waals surface area contributed by atoms with Crippen LogP contribution >= 0.6 is 0 Å². The molecule has 5 nitrogen and oxygen atoms in total. The third-order valence-electron chi connectivity index (χ3n) is 4.55. The first-order chi connectivity index (χ1) is 9.54. The number of carbonyl (C=O) groups is 1. The maximum Gasteiger partial charge on any atom is 0.410 e. The van der Waals surface area contributed by atoms with Crippen molar-refractivity contribution in [2.75, 3.05) is 13.2 Å². The quantitative estimate of drug-likeness (QED) is 0.783. The molecule has 2 N–H and O–H groups in total. The summed E-state index contributed by atoms with van der Waals surface area (Å²) in [5.74, 6) is -0.106. The Labute approximate surface area is 127 Å². The Hall–Kier alpha value is -1.07. The fourth-order valence-electron chi connectivity index (χ4n) is 3.54. The van der Waals surface area contributed by atoms with Crippen LogP contribution in [0.15, 0.2) is 12.2 Å². The van der Waals surface area contributed by atoms with Gasteiger partial charge in [-0.3, -0.25) is 4.90 Å². The van der Waals surface area contributed by atoms with Crippen LogP contribution in [0, 0.1) is 11.3 Å². The molecule has 0 spiro atoms. The molecule has 0 aromatic rings. The number of hydrogen-bond acceptors (Lipinski definition) is 3. The molecule has 0 bridgehead atoms. The topological polar surface area (TPSA) is 70.0 Å². The van der Waals surface area contributed by atoms with Gasteiger partial charge in [-0.1, -0.05) is 32.9 Å². The number of carboxylic acid groups (broad SMARTS) is 1. The van der Waals surface area contributed by atoms with Crippen molar-refractivity contribution in [1.82, 2.24) is 4.90 Å². The summed E-state index contributed by atoms with van der Waals surface area (Å²) in [5, 5.41) is 19.2. The molecule has 122 valence electrons. The lowest BCUT2D eigenvalue weighted by Crippen LogP contribution is -2.64. The van der Waals surface area contributed by atoms with E-state index in [1.54, 1.807) is 13.8 Å². The van der Waals surface area contributed by atoms with Crippen molar-refractivity contribution in [1.29, 1.82) is 0 Å². The van der Waals surface area contributed by atoms with Crippen LogP contribution in [0.2, 0.25) is 0 Å². The summed E-state index contributed by atoms with van der Waals surface area (Å²) < 4.78 is 5.86. The molecule has 1 aliphatic heterocycles. The zero-order chi connectivity index (χ0) is 16.5. The van der Waals surface area contributed by atoms with Gasteiger partial charge >= 0.3 is 6.09 Å². The van der Waals surface area contributed by atoms with E-state index in [1.165, 1.54) is 4.90 Å². The van der Waals surface area contributed by atoms with E-state index >= 15 is 0 Å². The highest BCUT2D eigenvalue weighted by molar-refractivity contribution is 5.68. The van der Waals surface area contributed by atoms with E-state index in [2.05, 4.69) is 0 Å². The van der Waals surface area contributed by atoms with E-state index in [0.29, 0.717) is 13.0 Å². The number of amides is 1. The lowest BCUT2D eigenvalue weighted by atomic mass is 9.64. The summed E-state index contributed by atoms with van der Waals surface area (Å²) in [6.07, 6.45) is 3.42. The molecule has 21 heavy (non-hydrogen) atoms. The Bertz CT molecular complexity index is 411. The van der Waals surface area contributed by atoms with Gasteiger partial charge < -0.3 is 14.9 Å². The Kier molecular flexibility index (Phi) is 5.11. The molecule has 1 saturated heterocycles. The van der Waals surface area contributed by atoms with E-state index in [9.17, 15) is 15.0 Å². The minimum atomic E-state index is -0.986. The fraction of sp³-hybridized carbons (Fsp3) is 0.812. The highest BCUT2D eigenvalue weighted by Crippen LogP contribution is 2.51. The van der Waals surface area contributed by atoms with Gasteiger partial charge in [0.2, 0.25) is 0 Å². The Morgan fingerprint density at radius 1 is 1.43 bits per heavy atom. The van der Waals surface area contributed by atoms with Crippen LogP contribution in [0.25, 0.3) is 0 Å². The van der Waals surface area contributed by atoms with Gasteiger partial charge in [-0.05, 0) is 32.6 Å². The van der Waals surface area contributed by atoms with E-state index < -0.39 is 17.4 Å². The van der Waals surface area contributed by atoms with Gasteiger partial charge in [0.1, 0.15) is 5.72 Å². The number of nitrogens with zero attached hydrogens (tertiary/aromatic N) is 1. The summed E-state index contributed by atoms with van der Waals surface area (Å²) in [7, 11) is 0. The highest BCUT2D eigenvalue weighted by atomic mass is 16.5. The molecule has 0 aromatic carbocycles. The average molecular weight is 299 g/mol. The summed E-state index contributed by atoms with van der Waals surface area (Å²) in [4.78, 5) is 13.4. The van der Waals surface area contributed by atoms with Crippen LogP contribution in [0.3, 0.4) is 0 Å². The number of aliphatic hydroxyl groups is 1. The first kappa shape index (κ1) is 18.0. The summed E-state index contributed by atoms with van der Waals surface area (Å²) >= 11 is 0. The minimum absolute atomic E-state index is 0.0146. The second kappa shape index (κ2) is 5.97. The van der Waals surface area contributed by atoms with Crippen molar-refractivity contribution in [3.05, 3.63) is 12.2 Å². The van der Waals surface area contributed by atoms with Crippen LogP contribution in [0.5, 0.6) is 0 Å². The molecule has 1 amide bonds. The van der Waals surface area contributed by atoms with Crippen LogP contribution in [0.4, 0.5) is 4.79 Å². The molecule has 2 unspecified atom stereocenters. The lowest BCUT2D eigenvalue weighted by Gasteiger charge is -2.51. The molecule has 0 radical (unpaired) electrons. The van der Waals surface area contributed by atoms with Gasteiger partial charge in [0, 0.05) is 12.5 Å². The van der Waals surface area contributed by atoms with Crippen LogP contribution < -0.4 is 0 Å². The molecule has 1 fully saturated rings. The van der Waals surface area contributed by atoms with Crippen LogP contribution in [-0.2, 0) is 4.74 Å². The molecule has 0 saturated carbocycles. The van der Waals surface area contributed by atoms with E-state index in [1.807, 2.05) is 39.8 Å². The largest absolute Gasteiger partial charge is 0.465 e. The Balaban J connectivity index is 3.50. The molecule has 0 aliphatic carbocycles. The summed E-state index contributed by atoms with van der Waals surface area (Å²) in [5.41, 5.74) is -1.93. The molecule has 2 atom stereocenters. The fourth-order valence-corrected chi connectivity index (χ4v) is 3.54. The molecule has 1 rings (SSSR count). The van der Waals surface area contributed by atoms with Crippen molar-refractivity contribution < 1.29 is 19.7 Å². The Morgan fingerprint density at radius 3 is 2.38 bits per heavy atom. The van der Waals surface area contributed by atoms with Gasteiger partial charge in [0.05, 0.1) is 12.1 Å². The number of hydrogen-bond donors (Lipinski definition) is 2. The predicted octanol–water partition coefficient (Wildman–Crippen LogP) is 3.09. The van der Waals surface area contributed by atoms with Gasteiger partial charge in [0.25, 0.3) is 0 Å². The summed E-state index contributed by atoms with van der Waals surface area (Å²) in [6.45, 7) is 11.9. The summed E-state index contributed by atoms with van der Waals surface area (Å²) in [6, 6.07) is 0. The second-order valence-corrected chi connectivity index (χ2v) is 7.17. The lowest BCUT2D eigenvalue weighted by molar-refractivity contribution is -0.0665. The number of rotatable bonds is 4. The van der Waals surface area contributed by atoms with Crippen molar-refractivity contribution in [2.45, 2.75) is 59.2 Å². The Morgan fingerprint density at radius 2 is 2.00 bits per heavy atom. The molecule has 5 heteroatoms. The SMILES string of the molecule is CC=CC(CCO)C1(C(C)(C)C)COC(C)(C)N1C(=O)O. The first-order valence-electron chi connectivity index (χ1n) is 7.45. The molecule has 0 aromatic heterocycles. The van der Waals surface area contributed by atoms with Crippen molar-refractivity contribution in [2.24, 2.45) is 11.3 Å². The smallest absolute Gasteiger partial charge is 0.410 e. The van der Waals surface area contributed by atoms with Crippen molar-refractivity contribution in [3.63, 3.8) is 0 Å². The van der Waals surface area contributed by atoms with Crippen molar-refractivity contribution in [3.8, 4) is 0 Å². The molecule has 1 heterocycles. The zero-order valence-electron chi connectivity index (χ0n) is 14.0. The predicted molar refractivity (Wildman–Crippen MR) is 82.1 cm³/mol. The number of ether oxygens (including phenoxy) is 1. The second-order valence-electron chi connectivity index (χ2n) is 7.17. The monoisotopic (exact) mass is 299 g/mol.